The average molecular weight is 187 g/mol. The van der Waals surface area contributed by atoms with E-state index in [1.807, 2.05) is 0 Å². The van der Waals surface area contributed by atoms with Crippen LogP contribution in [0.3, 0.4) is 0 Å². The Balaban J connectivity index is 0.000000261. The van der Waals surface area contributed by atoms with E-state index in [0.717, 1.165) is 26.1 Å². The van der Waals surface area contributed by atoms with Crippen LogP contribution in [0.5, 0.6) is 0 Å². The molecular weight excluding hydrogens is 165 g/mol. The third-order valence-corrected chi connectivity index (χ3v) is 1.46. The second-order valence-electron chi connectivity index (χ2n) is 3.84. The number of morpholine rings is 1. The molecule has 1 atom stereocenters. The van der Waals surface area contributed by atoms with Gasteiger partial charge in [0.15, 0.2) is 0 Å². The minimum Gasteiger partial charge on any atom is -0.376 e. The SMILES string of the molecule is CCC1CNCCO1.[CH3][Al]([CH3])[CH3]. The summed E-state index contributed by atoms with van der Waals surface area (Å²) in [5.41, 5.74) is 0. The average Bonchev–Trinajstić information content (AvgIpc) is 2.05. The van der Waals surface area contributed by atoms with Crippen LogP contribution < -0.4 is 5.32 Å². The van der Waals surface area contributed by atoms with Crippen LogP contribution in [0.2, 0.25) is 17.4 Å². The van der Waals surface area contributed by atoms with E-state index >= 15 is 0 Å². The third kappa shape index (κ3) is 8.55. The van der Waals surface area contributed by atoms with Crippen LogP contribution in [0, 0.1) is 0 Å². The van der Waals surface area contributed by atoms with E-state index in [4.69, 9.17) is 4.74 Å². The van der Waals surface area contributed by atoms with E-state index in [-0.39, 0.29) is 14.1 Å². The summed E-state index contributed by atoms with van der Waals surface area (Å²) in [4.78, 5) is 0. The fourth-order valence-corrected chi connectivity index (χ4v) is 0.882. The Morgan fingerprint density at radius 1 is 1.42 bits per heavy atom. The van der Waals surface area contributed by atoms with Crippen molar-refractivity contribution in [1.82, 2.24) is 5.32 Å². The molecule has 0 bridgehead atoms. The predicted molar refractivity (Wildman–Crippen MR) is 56.2 cm³/mol. The zero-order valence-corrected chi connectivity index (χ0v) is 10.0. The Labute approximate surface area is 81.1 Å². The molecule has 1 aliphatic rings. The molecule has 1 rings (SSSR count). The summed E-state index contributed by atoms with van der Waals surface area (Å²) in [6, 6.07) is 0. The molecule has 0 radical (unpaired) electrons. The highest BCUT2D eigenvalue weighted by Gasteiger charge is 2.08. The Hall–Kier alpha value is 0.452. The monoisotopic (exact) mass is 187 g/mol. The molecular formula is C9H22AlNO. The minimum absolute atomic E-state index is 0.139. The quantitative estimate of drug-likeness (QED) is 0.631. The Morgan fingerprint density at radius 2 is 2.00 bits per heavy atom. The molecule has 1 fully saturated rings. The summed E-state index contributed by atoms with van der Waals surface area (Å²) in [6.07, 6.45) is 1.61. The van der Waals surface area contributed by atoms with Gasteiger partial charge in [0.25, 0.3) is 14.1 Å². The van der Waals surface area contributed by atoms with Crippen LogP contribution in [-0.2, 0) is 4.74 Å². The van der Waals surface area contributed by atoms with Crippen molar-refractivity contribution in [2.75, 3.05) is 19.7 Å². The van der Waals surface area contributed by atoms with Gasteiger partial charge in [-0.15, -0.1) is 17.4 Å². The summed E-state index contributed by atoms with van der Waals surface area (Å²) < 4.78 is 5.36. The molecule has 1 unspecified atom stereocenters. The first kappa shape index (κ1) is 12.5. The summed E-state index contributed by atoms with van der Waals surface area (Å²) in [5, 5.41) is 3.26. The second kappa shape index (κ2) is 8.07. The van der Waals surface area contributed by atoms with Gasteiger partial charge in [0, 0.05) is 13.1 Å². The van der Waals surface area contributed by atoms with Crippen molar-refractivity contribution in [3.63, 3.8) is 0 Å². The molecule has 1 aliphatic heterocycles. The van der Waals surface area contributed by atoms with Crippen molar-refractivity contribution in [3.05, 3.63) is 0 Å². The first-order valence-corrected chi connectivity index (χ1v) is 8.45. The summed E-state index contributed by atoms with van der Waals surface area (Å²) >= 11 is -0.139. The lowest BCUT2D eigenvalue weighted by Gasteiger charge is -2.21. The van der Waals surface area contributed by atoms with E-state index in [2.05, 4.69) is 29.6 Å². The molecule has 72 valence electrons. The minimum atomic E-state index is -0.139. The number of rotatable bonds is 1. The zero-order valence-electron chi connectivity index (χ0n) is 8.89. The molecule has 0 spiro atoms. The zero-order chi connectivity index (χ0) is 9.40. The summed E-state index contributed by atoms with van der Waals surface area (Å²) in [7, 11) is 0. The molecule has 0 aromatic carbocycles. The molecule has 1 heterocycles. The van der Waals surface area contributed by atoms with Crippen LogP contribution in [0.1, 0.15) is 13.3 Å². The van der Waals surface area contributed by atoms with Crippen molar-refractivity contribution in [2.24, 2.45) is 0 Å². The van der Waals surface area contributed by atoms with Crippen LogP contribution in [0.25, 0.3) is 0 Å². The van der Waals surface area contributed by atoms with Gasteiger partial charge in [0.2, 0.25) is 0 Å². The maximum atomic E-state index is 5.36. The topological polar surface area (TPSA) is 21.3 Å². The van der Waals surface area contributed by atoms with Crippen molar-refractivity contribution in [1.29, 1.82) is 0 Å². The highest BCUT2D eigenvalue weighted by Crippen LogP contribution is 1.98. The summed E-state index contributed by atoms with van der Waals surface area (Å²) in [5.74, 6) is 6.92. The molecule has 1 saturated heterocycles. The standard InChI is InChI=1S/C6H13NO.3CH3.Al/c1-2-6-5-7-3-4-8-6;;;;/h6-7H,2-5H2,1H3;3*1H3;. The molecule has 2 nitrogen and oxygen atoms in total. The second-order valence-corrected chi connectivity index (χ2v) is 7.30. The number of ether oxygens (including phenoxy) is 1. The Bertz CT molecular complexity index is 89.8. The number of nitrogens with one attached hydrogen (secondary N) is 1. The van der Waals surface area contributed by atoms with Crippen molar-refractivity contribution >= 4 is 14.1 Å². The van der Waals surface area contributed by atoms with Gasteiger partial charge in [-0.2, -0.15) is 0 Å². The van der Waals surface area contributed by atoms with E-state index < -0.39 is 0 Å². The van der Waals surface area contributed by atoms with Gasteiger partial charge in [-0.05, 0) is 6.42 Å². The van der Waals surface area contributed by atoms with Gasteiger partial charge >= 0.3 is 0 Å². The van der Waals surface area contributed by atoms with Crippen LogP contribution in [-0.4, -0.2) is 39.9 Å². The highest BCUT2D eigenvalue weighted by atomic mass is 27.2. The lowest BCUT2D eigenvalue weighted by atomic mass is 10.2. The number of hydrogen-bond donors (Lipinski definition) is 1. The molecule has 12 heavy (non-hydrogen) atoms. The fraction of sp³-hybridized carbons (Fsp3) is 1.00. The van der Waals surface area contributed by atoms with Gasteiger partial charge < -0.3 is 10.1 Å². The van der Waals surface area contributed by atoms with Crippen LogP contribution in [0.4, 0.5) is 0 Å². The van der Waals surface area contributed by atoms with Crippen LogP contribution >= 0.6 is 0 Å². The van der Waals surface area contributed by atoms with Crippen LogP contribution in [0.15, 0.2) is 0 Å². The molecule has 0 aliphatic carbocycles. The Morgan fingerprint density at radius 3 is 2.25 bits per heavy atom. The largest absolute Gasteiger partial charge is 0.376 e. The third-order valence-electron chi connectivity index (χ3n) is 1.46. The highest BCUT2D eigenvalue weighted by molar-refractivity contribution is 6.54. The first-order chi connectivity index (χ1) is 5.66. The molecule has 0 aromatic heterocycles. The smallest absolute Gasteiger partial charge is 0.251 e. The van der Waals surface area contributed by atoms with E-state index in [0.29, 0.717) is 6.10 Å². The van der Waals surface area contributed by atoms with Crippen molar-refractivity contribution in [3.8, 4) is 0 Å². The maximum absolute atomic E-state index is 5.36. The first-order valence-electron chi connectivity index (χ1n) is 4.99. The van der Waals surface area contributed by atoms with Gasteiger partial charge in [0.05, 0.1) is 12.7 Å². The van der Waals surface area contributed by atoms with E-state index in [1.165, 1.54) is 0 Å². The number of hydrogen-bond acceptors (Lipinski definition) is 2. The maximum Gasteiger partial charge on any atom is 0.251 e. The van der Waals surface area contributed by atoms with E-state index in [1.54, 1.807) is 0 Å². The van der Waals surface area contributed by atoms with Gasteiger partial charge in [-0.1, -0.05) is 6.92 Å². The molecule has 3 heteroatoms. The van der Waals surface area contributed by atoms with Gasteiger partial charge in [-0.25, -0.2) is 0 Å². The van der Waals surface area contributed by atoms with Crippen molar-refractivity contribution < 1.29 is 4.74 Å². The lowest BCUT2D eigenvalue weighted by Crippen LogP contribution is -2.37. The molecule has 0 amide bonds. The predicted octanol–water partition coefficient (Wildman–Crippen LogP) is 1.76. The fourth-order valence-electron chi connectivity index (χ4n) is 0.882. The van der Waals surface area contributed by atoms with Gasteiger partial charge in [-0.3, -0.25) is 0 Å². The molecule has 0 aromatic rings. The molecule has 1 N–H and O–H groups in total. The van der Waals surface area contributed by atoms with Crippen molar-refractivity contribution in [2.45, 2.75) is 36.8 Å². The van der Waals surface area contributed by atoms with E-state index in [9.17, 15) is 0 Å². The lowest BCUT2D eigenvalue weighted by molar-refractivity contribution is 0.0267. The summed E-state index contributed by atoms with van der Waals surface area (Å²) in [6.45, 7) is 5.10. The Kier molecular flexibility index (Phi) is 8.37. The molecule has 0 saturated carbocycles. The normalized spacial score (nSPS) is 22.5. The van der Waals surface area contributed by atoms with Gasteiger partial charge in [0.1, 0.15) is 0 Å².